The highest BCUT2D eigenvalue weighted by molar-refractivity contribution is 9.10. The number of hydrogen-bond donors (Lipinski definition) is 3. The van der Waals surface area contributed by atoms with Crippen molar-refractivity contribution in [3.05, 3.63) is 27.7 Å². The molecule has 2 amide bonds. The molecule has 0 bridgehead atoms. The molecule has 0 spiro atoms. The van der Waals surface area contributed by atoms with Gasteiger partial charge in [0.15, 0.2) is 0 Å². The van der Waals surface area contributed by atoms with Gasteiger partial charge in [0.25, 0.3) is 0 Å². The maximum Gasteiger partial charge on any atom is 0.313 e. The zero-order valence-corrected chi connectivity index (χ0v) is 11.9. The molecule has 0 aliphatic carbocycles. The van der Waals surface area contributed by atoms with Crippen molar-refractivity contribution in [2.45, 2.75) is 13.0 Å². The first-order valence-corrected chi connectivity index (χ1v) is 6.29. The molecular weight excluding hydrogens is 323 g/mol. The normalized spacial score (nSPS) is 11.8. The highest BCUT2D eigenvalue weighted by Crippen LogP contribution is 2.25. The summed E-state index contributed by atoms with van der Waals surface area (Å²) in [5.74, 6) is -1.61. The molecule has 0 aliphatic heterocycles. The molecule has 3 N–H and O–H groups in total. The van der Waals surface area contributed by atoms with Crippen molar-refractivity contribution in [3.63, 3.8) is 0 Å². The quantitative estimate of drug-likeness (QED) is 0.733. The van der Waals surface area contributed by atoms with Gasteiger partial charge in [-0.3, -0.25) is 9.59 Å². The molecule has 0 aromatic heterocycles. The summed E-state index contributed by atoms with van der Waals surface area (Å²) in [6, 6.07) is 4.77. The molecule has 0 saturated carbocycles. The third-order valence-electron chi connectivity index (χ3n) is 1.94. The van der Waals surface area contributed by atoms with Crippen LogP contribution in [0.2, 0.25) is 5.02 Å². The van der Waals surface area contributed by atoms with E-state index in [9.17, 15) is 9.59 Å². The number of aliphatic hydroxyl groups excluding tert-OH is 1. The van der Waals surface area contributed by atoms with E-state index < -0.39 is 17.9 Å². The first-order valence-electron chi connectivity index (χ1n) is 5.12. The summed E-state index contributed by atoms with van der Waals surface area (Å²) in [5.41, 5.74) is 0.441. The predicted molar refractivity (Wildman–Crippen MR) is 72.5 cm³/mol. The average molecular weight is 336 g/mol. The third kappa shape index (κ3) is 4.64. The van der Waals surface area contributed by atoms with Crippen molar-refractivity contribution < 1.29 is 14.7 Å². The summed E-state index contributed by atoms with van der Waals surface area (Å²) in [5, 5.41) is 14.2. The number of halogens is 2. The van der Waals surface area contributed by atoms with Crippen LogP contribution < -0.4 is 10.6 Å². The number of aliphatic hydroxyl groups is 1. The number of benzene rings is 1. The van der Waals surface area contributed by atoms with E-state index in [1.807, 2.05) is 0 Å². The number of anilines is 1. The minimum Gasteiger partial charge on any atom is -0.392 e. The molecule has 1 atom stereocenters. The van der Waals surface area contributed by atoms with E-state index in [0.29, 0.717) is 15.2 Å². The van der Waals surface area contributed by atoms with Gasteiger partial charge >= 0.3 is 11.8 Å². The summed E-state index contributed by atoms with van der Waals surface area (Å²) in [6.45, 7) is 1.53. The topological polar surface area (TPSA) is 78.4 Å². The molecule has 0 saturated heterocycles. The van der Waals surface area contributed by atoms with Crippen LogP contribution in [-0.2, 0) is 9.59 Å². The Hall–Kier alpha value is -1.11. The van der Waals surface area contributed by atoms with Gasteiger partial charge in [-0.25, -0.2) is 0 Å². The van der Waals surface area contributed by atoms with Gasteiger partial charge in [0.1, 0.15) is 0 Å². The molecule has 0 heterocycles. The Balaban J connectivity index is 2.61. The molecule has 1 aromatic carbocycles. The Bertz CT molecular complexity index is 466. The number of carbonyl (C=O) groups excluding carboxylic acids is 2. The SMILES string of the molecule is CC(O)CNC(=O)C(=O)Nc1ccc(Cl)cc1Br. The van der Waals surface area contributed by atoms with E-state index in [-0.39, 0.29) is 6.54 Å². The van der Waals surface area contributed by atoms with Crippen LogP contribution in [-0.4, -0.2) is 29.6 Å². The van der Waals surface area contributed by atoms with Crippen LogP contribution in [0, 0.1) is 0 Å². The lowest BCUT2D eigenvalue weighted by Crippen LogP contribution is -2.38. The van der Waals surface area contributed by atoms with Crippen molar-refractivity contribution >= 4 is 45.0 Å². The fourth-order valence-electron chi connectivity index (χ4n) is 1.09. The number of nitrogens with one attached hydrogen (secondary N) is 2. The summed E-state index contributed by atoms with van der Waals surface area (Å²) < 4.78 is 0.576. The molecule has 1 unspecified atom stereocenters. The van der Waals surface area contributed by atoms with Crippen molar-refractivity contribution in [3.8, 4) is 0 Å². The molecule has 98 valence electrons. The molecule has 7 heteroatoms. The zero-order valence-electron chi connectivity index (χ0n) is 9.54. The van der Waals surface area contributed by atoms with Gasteiger partial charge in [0, 0.05) is 16.0 Å². The van der Waals surface area contributed by atoms with Gasteiger partial charge in [0.2, 0.25) is 0 Å². The third-order valence-corrected chi connectivity index (χ3v) is 2.83. The smallest absolute Gasteiger partial charge is 0.313 e. The van der Waals surface area contributed by atoms with Crippen LogP contribution in [0.15, 0.2) is 22.7 Å². The molecule has 5 nitrogen and oxygen atoms in total. The summed E-state index contributed by atoms with van der Waals surface area (Å²) in [4.78, 5) is 22.9. The lowest BCUT2D eigenvalue weighted by molar-refractivity contribution is -0.136. The monoisotopic (exact) mass is 334 g/mol. The van der Waals surface area contributed by atoms with Crippen LogP contribution in [0.4, 0.5) is 5.69 Å². The maximum atomic E-state index is 11.5. The first kappa shape index (κ1) is 14.9. The molecular formula is C11H12BrClN2O3. The molecule has 0 radical (unpaired) electrons. The van der Waals surface area contributed by atoms with Crippen LogP contribution >= 0.6 is 27.5 Å². The van der Waals surface area contributed by atoms with Crippen LogP contribution in [0.1, 0.15) is 6.92 Å². The van der Waals surface area contributed by atoms with Crippen LogP contribution in [0.5, 0.6) is 0 Å². The summed E-state index contributed by atoms with van der Waals surface area (Å²) in [6.07, 6.45) is -0.705. The van der Waals surface area contributed by atoms with Crippen LogP contribution in [0.25, 0.3) is 0 Å². The Labute approximate surface area is 118 Å². The predicted octanol–water partition coefficient (Wildman–Crippen LogP) is 1.54. The standard InChI is InChI=1S/C11H12BrClN2O3/c1-6(16)5-14-10(17)11(18)15-9-3-2-7(13)4-8(9)12/h2-4,6,16H,5H2,1H3,(H,14,17)(H,15,18). The van der Waals surface area contributed by atoms with Crippen molar-refractivity contribution in [1.29, 1.82) is 0 Å². The van der Waals surface area contributed by atoms with E-state index in [1.165, 1.54) is 6.92 Å². The second kappa shape index (κ2) is 6.72. The number of amides is 2. The molecule has 18 heavy (non-hydrogen) atoms. The molecule has 1 rings (SSSR count). The zero-order chi connectivity index (χ0) is 13.7. The van der Waals surface area contributed by atoms with Crippen molar-refractivity contribution in [2.75, 3.05) is 11.9 Å². The van der Waals surface area contributed by atoms with Gasteiger partial charge in [0.05, 0.1) is 11.8 Å². The number of carbonyl (C=O) groups is 2. The lowest BCUT2D eigenvalue weighted by atomic mass is 10.3. The van der Waals surface area contributed by atoms with Crippen LogP contribution in [0.3, 0.4) is 0 Å². The first-order chi connectivity index (χ1) is 8.40. The van der Waals surface area contributed by atoms with Crippen molar-refractivity contribution in [1.82, 2.24) is 5.32 Å². The Morgan fingerprint density at radius 1 is 1.44 bits per heavy atom. The molecule has 1 aromatic rings. The Morgan fingerprint density at radius 2 is 2.11 bits per heavy atom. The highest BCUT2D eigenvalue weighted by atomic mass is 79.9. The summed E-state index contributed by atoms with van der Waals surface area (Å²) in [7, 11) is 0. The second-order valence-corrected chi connectivity index (χ2v) is 4.93. The summed E-state index contributed by atoms with van der Waals surface area (Å²) >= 11 is 8.97. The molecule has 0 aliphatic rings. The second-order valence-electron chi connectivity index (χ2n) is 3.64. The average Bonchev–Trinajstić information content (AvgIpc) is 2.29. The van der Waals surface area contributed by atoms with E-state index in [2.05, 4.69) is 26.6 Å². The van der Waals surface area contributed by atoms with Gasteiger partial charge in [-0.05, 0) is 41.1 Å². The Kier molecular flexibility index (Phi) is 5.58. The van der Waals surface area contributed by atoms with Gasteiger partial charge in [-0.15, -0.1) is 0 Å². The fraction of sp³-hybridized carbons (Fsp3) is 0.273. The Morgan fingerprint density at radius 3 is 2.67 bits per heavy atom. The van der Waals surface area contributed by atoms with E-state index in [4.69, 9.17) is 16.7 Å². The molecule has 0 fully saturated rings. The van der Waals surface area contributed by atoms with E-state index in [1.54, 1.807) is 18.2 Å². The minimum atomic E-state index is -0.808. The highest BCUT2D eigenvalue weighted by Gasteiger charge is 2.15. The number of hydrogen-bond acceptors (Lipinski definition) is 3. The fourth-order valence-corrected chi connectivity index (χ4v) is 1.87. The number of rotatable bonds is 3. The largest absolute Gasteiger partial charge is 0.392 e. The van der Waals surface area contributed by atoms with Gasteiger partial charge in [-0.2, -0.15) is 0 Å². The lowest BCUT2D eigenvalue weighted by Gasteiger charge is -2.09. The van der Waals surface area contributed by atoms with E-state index >= 15 is 0 Å². The van der Waals surface area contributed by atoms with E-state index in [0.717, 1.165) is 0 Å². The maximum absolute atomic E-state index is 11.5. The minimum absolute atomic E-state index is 0.0219. The van der Waals surface area contributed by atoms with Gasteiger partial charge in [-0.1, -0.05) is 11.6 Å². The van der Waals surface area contributed by atoms with Crippen molar-refractivity contribution in [2.24, 2.45) is 0 Å². The van der Waals surface area contributed by atoms with Gasteiger partial charge < -0.3 is 15.7 Å².